The third-order valence-corrected chi connectivity index (χ3v) is 5.82. The molecule has 10 heteroatoms. The Labute approximate surface area is 194 Å². The lowest BCUT2D eigenvalue weighted by atomic mass is 9.86. The first kappa shape index (κ1) is 23.6. The highest BCUT2D eigenvalue weighted by Crippen LogP contribution is 2.28. The molecule has 1 aromatic heterocycles. The summed E-state index contributed by atoms with van der Waals surface area (Å²) in [6.07, 6.45) is 1.92. The Morgan fingerprint density at radius 2 is 1.74 bits per heavy atom. The first-order valence-electron chi connectivity index (χ1n) is 11.1. The predicted molar refractivity (Wildman–Crippen MR) is 120 cm³/mol. The van der Waals surface area contributed by atoms with Gasteiger partial charge >= 0.3 is 12.5 Å². The van der Waals surface area contributed by atoms with Gasteiger partial charge in [0.15, 0.2) is 5.82 Å². The van der Waals surface area contributed by atoms with Crippen molar-refractivity contribution in [2.45, 2.75) is 51.5 Å². The standard InChI is InChI=1S/C24H25F3N4O3/c1-16(17-5-3-2-4-6-17)33-23(32)29-19-9-7-18(8-10-19)22-28-15-31(30-22)20-11-13-21(14-12-20)34-24(25,26)27/h7-17H,2-6H2,1H3,(H,29,32). The number of amides is 1. The molecule has 1 saturated carbocycles. The Morgan fingerprint density at radius 3 is 2.38 bits per heavy atom. The van der Waals surface area contributed by atoms with Crippen LogP contribution in [0.4, 0.5) is 23.7 Å². The van der Waals surface area contributed by atoms with E-state index in [9.17, 15) is 18.0 Å². The lowest BCUT2D eigenvalue weighted by molar-refractivity contribution is -0.274. The molecule has 0 saturated heterocycles. The van der Waals surface area contributed by atoms with Gasteiger partial charge in [-0.2, -0.15) is 0 Å². The molecule has 3 aromatic rings. The van der Waals surface area contributed by atoms with Crippen LogP contribution in [-0.2, 0) is 4.74 Å². The van der Waals surface area contributed by atoms with E-state index in [4.69, 9.17) is 4.74 Å². The third-order valence-electron chi connectivity index (χ3n) is 5.82. The summed E-state index contributed by atoms with van der Waals surface area (Å²) in [5.74, 6) is 0.526. The van der Waals surface area contributed by atoms with Crippen LogP contribution in [0.1, 0.15) is 39.0 Å². The Bertz CT molecular complexity index is 1090. The highest BCUT2D eigenvalue weighted by atomic mass is 19.4. The monoisotopic (exact) mass is 474 g/mol. The molecule has 1 fully saturated rings. The van der Waals surface area contributed by atoms with Crippen molar-refractivity contribution in [3.63, 3.8) is 0 Å². The molecular weight excluding hydrogens is 449 g/mol. The highest BCUT2D eigenvalue weighted by Gasteiger charge is 2.31. The number of benzene rings is 2. The van der Waals surface area contributed by atoms with Gasteiger partial charge in [-0.1, -0.05) is 19.3 Å². The smallest absolute Gasteiger partial charge is 0.446 e. The van der Waals surface area contributed by atoms with Crippen LogP contribution in [-0.4, -0.2) is 33.3 Å². The minimum atomic E-state index is -4.74. The molecule has 0 radical (unpaired) electrons. The van der Waals surface area contributed by atoms with Crippen LogP contribution < -0.4 is 10.1 Å². The number of carbonyl (C=O) groups excluding carboxylic acids is 1. The van der Waals surface area contributed by atoms with Crippen molar-refractivity contribution in [3.05, 3.63) is 54.9 Å². The SMILES string of the molecule is CC(OC(=O)Nc1ccc(-c2ncn(-c3ccc(OC(F)(F)F)cc3)n2)cc1)C1CCCCC1. The molecule has 1 amide bonds. The van der Waals surface area contributed by atoms with E-state index in [0.29, 0.717) is 28.7 Å². The van der Waals surface area contributed by atoms with E-state index in [1.807, 2.05) is 6.92 Å². The minimum Gasteiger partial charge on any atom is -0.446 e. The normalized spacial score (nSPS) is 15.5. The van der Waals surface area contributed by atoms with Gasteiger partial charge in [0.1, 0.15) is 18.2 Å². The Balaban J connectivity index is 1.34. The number of nitrogens with zero attached hydrogens (tertiary/aromatic N) is 3. The summed E-state index contributed by atoms with van der Waals surface area (Å²) in [4.78, 5) is 16.5. The maximum Gasteiger partial charge on any atom is 0.573 e. The molecule has 4 rings (SSSR count). The fraction of sp³-hybridized carbons (Fsp3) is 0.375. The average molecular weight is 474 g/mol. The van der Waals surface area contributed by atoms with Gasteiger partial charge in [0.2, 0.25) is 0 Å². The third kappa shape index (κ3) is 6.27. The molecule has 7 nitrogen and oxygen atoms in total. The Morgan fingerprint density at radius 1 is 1.06 bits per heavy atom. The van der Waals surface area contributed by atoms with Crippen LogP contribution in [0.3, 0.4) is 0 Å². The van der Waals surface area contributed by atoms with E-state index in [-0.39, 0.29) is 11.9 Å². The van der Waals surface area contributed by atoms with E-state index < -0.39 is 12.5 Å². The van der Waals surface area contributed by atoms with Gasteiger partial charge in [0.05, 0.1) is 5.69 Å². The zero-order valence-electron chi connectivity index (χ0n) is 18.6. The van der Waals surface area contributed by atoms with Gasteiger partial charge in [-0.05, 0) is 74.2 Å². The number of anilines is 1. The molecule has 180 valence electrons. The average Bonchev–Trinajstić information content (AvgIpc) is 3.30. The molecule has 1 atom stereocenters. The first-order chi connectivity index (χ1) is 16.3. The van der Waals surface area contributed by atoms with Crippen molar-refractivity contribution in [1.82, 2.24) is 14.8 Å². The highest BCUT2D eigenvalue weighted by molar-refractivity contribution is 5.85. The lowest BCUT2D eigenvalue weighted by Crippen LogP contribution is -2.28. The quantitative estimate of drug-likeness (QED) is 0.450. The molecule has 0 spiro atoms. The van der Waals surface area contributed by atoms with Crippen molar-refractivity contribution in [2.75, 3.05) is 5.32 Å². The molecule has 1 N–H and O–H groups in total. The lowest BCUT2D eigenvalue weighted by Gasteiger charge is -2.27. The number of nitrogens with one attached hydrogen (secondary N) is 1. The summed E-state index contributed by atoms with van der Waals surface area (Å²) in [5.41, 5.74) is 1.83. The number of hydrogen-bond donors (Lipinski definition) is 1. The predicted octanol–water partition coefficient (Wildman–Crippen LogP) is 6.35. The van der Waals surface area contributed by atoms with Crippen LogP contribution >= 0.6 is 0 Å². The second kappa shape index (κ2) is 10.1. The maximum absolute atomic E-state index is 12.3. The number of halogens is 3. The van der Waals surface area contributed by atoms with Gasteiger partial charge in [-0.25, -0.2) is 14.5 Å². The van der Waals surface area contributed by atoms with Gasteiger partial charge in [0.25, 0.3) is 0 Å². The summed E-state index contributed by atoms with van der Waals surface area (Å²) in [6, 6.07) is 12.3. The van der Waals surface area contributed by atoms with Crippen LogP contribution in [0.15, 0.2) is 54.9 Å². The van der Waals surface area contributed by atoms with Crippen molar-refractivity contribution in [3.8, 4) is 22.8 Å². The topological polar surface area (TPSA) is 78.3 Å². The van der Waals surface area contributed by atoms with Crippen LogP contribution in [0.5, 0.6) is 5.75 Å². The Hall–Kier alpha value is -3.56. The van der Waals surface area contributed by atoms with Crippen LogP contribution in [0.2, 0.25) is 0 Å². The number of hydrogen-bond acceptors (Lipinski definition) is 5. The summed E-state index contributed by atoms with van der Waals surface area (Å²) in [6.45, 7) is 1.94. The van der Waals surface area contributed by atoms with E-state index >= 15 is 0 Å². The van der Waals surface area contributed by atoms with E-state index in [0.717, 1.165) is 12.8 Å². The molecule has 1 aliphatic rings. The van der Waals surface area contributed by atoms with E-state index in [2.05, 4.69) is 20.1 Å². The van der Waals surface area contributed by atoms with Crippen LogP contribution in [0.25, 0.3) is 17.1 Å². The van der Waals surface area contributed by atoms with Gasteiger partial charge in [-0.15, -0.1) is 18.3 Å². The Kier molecular flexibility index (Phi) is 7.04. The number of carbonyl (C=O) groups is 1. The molecule has 1 heterocycles. The van der Waals surface area contributed by atoms with Crippen molar-refractivity contribution >= 4 is 11.8 Å². The maximum atomic E-state index is 12.3. The van der Waals surface area contributed by atoms with Gasteiger partial charge in [-0.3, -0.25) is 5.32 Å². The summed E-state index contributed by atoms with van der Waals surface area (Å²) >= 11 is 0. The molecular formula is C24H25F3N4O3. The second-order valence-electron chi connectivity index (χ2n) is 8.27. The van der Waals surface area contributed by atoms with Crippen LogP contribution in [0, 0.1) is 5.92 Å². The number of ether oxygens (including phenoxy) is 2. The summed E-state index contributed by atoms with van der Waals surface area (Å²) < 4.78 is 47.8. The zero-order valence-corrected chi connectivity index (χ0v) is 18.6. The number of aromatic nitrogens is 3. The molecule has 2 aromatic carbocycles. The molecule has 0 aliphatic heterocycles. The first-order valence-corrected chi connectivity index (χ1v) is 11.1. The van der Waals surface area contributed by atoms with E-state index in [1.165, 1.54) is 54.5 Å². The largest absolute Gasteiger partial charge is 0.573 e. The van der Waals surface area contributed by atoms with Gasteiger partial charge < -0.3 is 9.47 Å². The molecule has 0 bridgehead atoms. The molecule has 1 unspecified atom stereocenters. The molecule has 34 heavy (non-hydrogen) atoms. The van der Waals surface area contributed by atoms with Crippen molar-refractivity contribution < 1.29 is 27.4 Å². The fourth-order valence-electron chi connectivity index (χ4n) is 4.04. The minimum absolute atomic E-state index is 0.123. The number of alkyl halides is 3. The zero-order chi connectivity index (χ0) is 24.1. The second-order valence-corrected chi connectivity index (χ2v) is 8.27. The number of rotatable bonds is 6. The summed E-state index contributed by atoms with van der Waals surface area (Å²) in [7, 11) is 0. The molecule has 1 aliphatic carbocycles. The van der Waals surface area contributed by atoms with E-state index in [1.54, 1.807) is 24.3 Å². The fourth-order valence-corrected chi connectivity index (χ4v) is 4.04. The summed E-state index contributed by atoms with van der Waals surface area (Å²) in [5, 5.41) is 7.11. The van der Waals surface area contributed by atoms with Crippen molar-refractivity contribution in [1.29, 1.82) is 0 Å². The van der Waals surface area contributed by atoms with Gasteiger partial charge in [0, 0.05) is 11.3 Å². The van der Waals surface area contributed by atoms with Crippen molar-refractivity contribution in [2.24, 2.45) is 5.92 Å².